The fourth-order valence-corrected chi connectivity index (χ4v) is 2.62. The topological polar surface area (TPSA) is 59.4 Å². The smallest absolute Gasteiger partial charge is 0.358 e. The number of nitrogens with zero attached hydrogens (tertiary/aromatic N) is 1. The molecule has 2 rings (SSSR count). The maximum atomic E-state index is 11.1. The highest BCUT2D eigenvalue weighted by Gasteiger charge is 2.16. The first-order chi connectivity index (χ1) is 9.16. The number of carboxylic acids is 1. The molecule has 1 aromatic rings. The van der Waals surface area contributed by atoms with Crippen LogP contribution in [0, 0.1) is 12.8 Å². The molecule has 1 aliphatic rings. The normalized spacial score (nSPS) is 16.3. The van der Waals surface area contributed by atoms with Crippen LogP contribution in [0.25, 0.3) is 0 Å². The average Bonchev–Trinajstić information content (AvgIpc) is 2.41. The fraction of sp³-hybridized carbons (Fsp3) is 0.600. The highest BCUT2D eigenvalue weighted by molar-refractivity contribution is 5.88. The summed E-state index contributed by atoms with van der Waals surface area (Å²) in [6, 6.07) is 3.48. The summed E-state index contributed by atoms with van der Waals surface area (Å²) in [5.41, 5.74) is 0.709. The number of aromatic carboxylic acids is 1. The molecule has 0 saturated heterocycles. The Morgan fingerprint density at radius 1 is 1.37 bits per heavy atom. The van der Waals surface area contributed by atoms with Gasteiger partial charge in [-0.15, -0.1) is 0 Å². The van der Waals surface area contributed by atoms with E-state index in [1.165, 1.54) is 32.1 Å². The van der Waals surface area contributed by atoms with Gasteiger partial charge in [0, 0.05) is 5.69 Å². The van der Waals surface area contributed by atoms with E-state index in [0.29, 0.717) is 18.1 Å². The van der Waals surface area contributed by atoms with Crippen molar-refractivity contribution in [2.75, 3.05) is 6.61 Å². The second-order valence-corrected chi connectivity index (χ2v) is 5.25. The predicted molar refractivity (Wildman–Crippen MR) is 72.6 cm³/mol. The molecule has 0 amide bonds. The summed E-state index contributed by atoms with van der Waals surface area (Å²) in [5.74, 6) is 0.0886. The van der Waals surface area contributed by atoms with Crippen molar-refractivity contribution in [1.82, 2.24) is 4.98 Å². The molecule has 1 fully saturated rings. The minimum absolute atomic E-state index is 0.0173. The Kier molecular flexibility index (Phi) is 4.77. The molecule has 1 saturated carbocycles. The van der Waals surface area contributed by atoms with Crippen LogP contribution >= 0.6 is 0 Å². The molecule has 0 spiro atoms. The van der Waals surface area contributed by atoms with E-state index in [-0.39, 0.29) is 5.69 Å². The Bertz CT molecular complexity index is 439. The molecule has 0 bridgehead atoms. The van der Waals surface area contributed by atoms with E-state index in [1.54, 1.807) is 19.1 Å². The number of hydrogen-bond donors (Lipinski definition) is 1. The highest BCUT2D eigenvalue weighted by Crippen LogP contribution is 2.26. The lowest BCUT2D eigenvalue weighted by Gasteiger charge is -2.21. The van der Waals surface area contributed by atoms with Crippen LogP contribution in [0.15, 0.2) is 12.1 Å². The Balaban J connectivity index is 1.89. The lowest BCUT2D eigenvalue weighted by molar-refractivity contribution is 0.0684. The number of hydrogen-bond acceptors (Lipinski definition) is 3. The van der Waals surface area contributed by atoms with Gasteiger partial charge in [0.25, 0.3) is 0 Å². The van der Waals surface area contributed by atoms with Crippen LogP contribution in [0.1, 0.15) is 54.7 Å². The van der Waals surface area contributed by atoms with Crippen molar-refractivity contribution in [2.45, 2.75) is 45.4 Å². The van der Waals surface area contributed by atoms with E-state index in [2.05, 4.69) is 4.98 Å². The summed E-state index contributed by atoms with van der Waals surface area (Å²) in [5, 5.41) is 9.10. The summed E-state index contributed by atoms with van der Waals surface area (Å²) < 4.78 is 5.61. The molecule has 1 heterocycles. The fourth-order valence-electron chi connectivity index (χ4n) is 2.62. The summed E-state index contributed by atoms with van der Waals surface area (Å²) in [4.78, 5) is 15.1. The number of aryl methyl sites for hydroxylation is 1. The average molecular weight is 263 g/mol. The summed E-state index contributed by atoms with van der Waals surface area (Å²) in [7, 11) is 0. The minimum Gasteiger partial charge on any atom is -0.491 e. The van der Waals surface area contributed by atoms with Gasteiger partial charge in [-0.05, 0) is 31.4 Å². The van der Waals surface area contributed by atoms with Crippen molar-refractivity contribution in [1.29, 1.82) is 0 Å². The van der Waals surface area contributed by atoms with Gasteiger partial charge in [-0.1, -0.05) is 32.1 Å². The van der Waals surface area contributed by atoms with Gasteiger partial charge in [0.15, 0.2) is 11.4 Å². The van der Waals surface area contributed by atoms with Crippen molar-refractivity contribution in [3.63, 3.8) is 0 Å². The lowest BCUT2D eigenvalue weighted by atomic mass is 9.87. The number of ether oxygens (including phenoxy) is 1. The Hall–Kier alpha value is -1.58. The van der Waals surface area contributed by atoms with E-state index in [9.17, 15) is 4.79 Å². The zero-order valence-electron chi connectivity index (χ0n) is 11.4. The second kappa shape index (κ2) is 6.55. The standard InChI is InChI=1S/C15H21NO3/c1-11-7-8-13(14(16-11)15(17)18)19-10-9-12-5-3-2-4-6-12/h7-8,12H,2-6,9-10H2,1H3,(H,17,18). The first-order valence-corrected chi connectivity index (χ1v) is 7.00. The molecule has 0 aromatic carbocycles. The SMILES string of the molecule is Cc1ccc(OCCC2CCCCC2)c(C(=O)O)n1. The second-order valence-electron chi connectivity index (χ2n) is 5.25. The van der Waals surface area contributed by atoms with Gasteiger partial charge < -0.3 is 9.84 Å². The molecule has 104 valence electrons. The molecule has 1 aliphatic carbocycles. The molecule has 1 N–H and O–H groups in total. The molecule has 0 aliphatic heterocycles. The molecule has 19 heavy (non-hydrogen) atoms. The molecule has 4 heteroatoms. The van der Waals surface area contributed by atoms with E-state index >= 15 is 0 Å². The maximum Gasteiger partial charge on any atom is 0.358 e. The number of carbonyl (C=O) groups is 1. The zero-order chi connectivity index (χ0) is 13.7. The largest absolute Gasteiger partial charge is 0.491 e. The zero-order valence-corrected chi connectivity index (χ0v) is 11.4. The Morgan fingerprint density at radius 3 is 2.79 bits per heavy atom. The molecule has 0 atom stereocenters. The van der Waals surface area contributed by atoms with E-state index in [4.69, 9.17) is 9.84 Å². The van der Waals surface area contributed by atoms with Crippen LogP contribution in [0.3, 0.4) is 0 Å². The van der Waals surface area contributed by atoms with Crippen LogP contribution in [0.5, 0.6) is 5.75 Å². The molecule has 0 unspecified atom stereocenters. The molecule has 0 radical (unpaired) electrons. The number of aromatic nitrogens is 1. The Morgan fingerprint density at radius 2 is 2.11 bits per heavy atom. The van der Waals surface area contributed by atoms with Crippen molar-refractivity contribution in [2.24, 2.45) is 5.92 Å². The number of rotatable bonds is 5. The lowest BCUT2D eigenvalue weighted by Crippen LogP contribution is -2.12. The van der Waals surface area contributed by atoms with Gasteiger partial charge in [0.2, 0.25) is 0 Å². The van der Waals surface area contributed by atoms with Crippen molar-refractivity contribution in [3.05, 3.63) is 23.5 Å². The monoisotopic (exact) mass is 263 g/mol. The summed E-state index contributed by atoms with van der Waals surface area (Å²) >= 11 is 0. The number of carboxylic acid groups (broad SMARTS) is 1. The first kappa shape index (κ1) is 13.8. The minimum atomic E-state index is -1.03. The van der Waals surface area contributed by atoms with E-state index in [1.807, 2.05) is 0 Å². The Labute approximate surface area is 113 Å². The van der Waals surface area contributed by atoms with Crippen molar-refractivity contribution < 1.29 is 14.6 Å². The van der Waals surface area contributed by atoms with Crippen LogP contribution < -0.4 is 4.74 Å². The molecular formula is C15H21NO3. The van der Waals surface area contributed by atoms with Gasteiger partial charge in [0.05, 0.1) is 6.61 Å². The first-order valence-electron chi connectivity index (χ1n) is 7.00. The number of pyridine rings is 1. The maximum absolute atomic E-state index is 11.1. The van der Waals surface area contributed by atoms with E-state index in [0.717, 1.165) is 12.3 Å². The summed E-state index contributed by atoms with van der Waals surface area (Å²) in [6.07, 6.45) is 7.55. The van der Waals surface area contributed by atoms with Crippen molar-refractivity contribution >= 4 is 5.97 Å². The molecular weight excluding hydrogens is 242 g/mol. The molecule has 1 aromatic heterocycles. The third-order valence-electron chi connectivity index (χ3n) is 3.71. The third-order valence-corrected chi connectivity index (χ3v) is 3.71. The van der Waals surface area contributed by atoms with Crippen molar-refractivity contribution in [3.8, 4) is 5.75 Å². The quantitative estimate of drug-likeness (QED) is 0.884. The predicted octanol–water partition coefficient (Wildman–Crippen LogP) is 3.44. The van der Waals surface area contributed by atoms with Gasteiger partial charge >= 0.3 is 5.97 Å². The van der Waals surface area contributed by atoms with Gasteiger partial charge in [0.1, 0.15) is 0 Å². The van der Waals surface area contributed by atoms with E-state index < -0.39 is 5.97 Å². The highest BCUT2D eigenvalue weighted by atomic mass is 16.5. The van der Waals surface area contributed by atoms with Crippen LogP contribution in [0.2, 0.25) is 0 Å². The van der Waals surface area contributed by atoms with Crippen LogP contribution in [-0.4, -0.2) is 22.7 Å². The van der Waals surface area contributed by atoms with Gasteiger partial charge in [-0.3, -0.25) is 0 Å². The van der Waals surface area contributed by atoms with Crippen LogP contribution in [-0.2, 0) is 0 Å². The van der Waals surface area contributed by atoms with Crippen LogP contribution in [0.4, 0.5) is 0 Å². The molecule has 4 nitrogen and oxygen atoms in total. The third kappa shape index (κ3) is 3.94. The summed E-state index contributed by atoms with van der Waals surface area (Å²) in [6.45, 7) is 2.36. The van der Waals surface area contributed by atoms with Gasteiger partial charge in [-0.2, -0.15) is 0 Å². The van der Waals surface area contributed by atoms with Gasteiger partial charge in [-0.25, -0.2) is 9.78 Å².